The number of rotatable bonds is 2. The summed E-state index contributed by atoms with van der Waals surface area (Å²) in [6, 6.07) is 0. The summed E-state index contributed by atoms with van der Waals surface area (Å²) in [6.07, 6.45) is 1.02. The first-order chi connectivity index (χ1) is 3.35. The van der Waals surface area contributed by atoms with Crippen molar-refractivity contribution in [1.29, 1.82) is 0 Å². The van der Waals surface area contributed by atoms with E-state index < -0.39 is 0 Å². The van der Waals surface area contributed by atoms with Gasteiger partial charge in [0.25, 0.3) is 0 Å². The van der Waals surface area contributed by atoms with E-state index in [9.17, 15) is 4.79 Å². The van der Waals surface area contributed by atoms with Crippen molar-refractivity contribution >= 4 is 6.29 Å². The van der Waals surface area contributed by atoms with Crippen molar-refractivity contribution in [3.63, 3.8) is 0 Å². The van der Waals surface area contributed by atoms with Crippen LogP contribution in [0.1, 0.15) is 0 Å². The highest BCUT2D eigenvalue weighted by Crippen LogP contribution is 1.83. The van der Waals surface area contributed by atoms with Gasteiger partial charge >= 0.3 is 0 Å². The molecule has 0 fully saturated rings. The van der Waals surface area contributed by atoms with Gasteiger partial charge in [0.05, 0.1) is 7.11 Å². The first-order valence-corrected chi connectivity index (χ1v) is 1.68. The average Bonchev–Trinajstić information content (AvgIpc) is 1.72. The summed E-state index contributed by atoms with van der Waals surface area (Å²) in [5.74, 6) is -0.0694. The van der Waals surface area contributed by atoms with Gasteiger partial charge in [0.2, 0.25) is 0 Å². The van der Waals surface area contributed by atoms with Gasteiger partial charge in [-0.25, -0.2) is 0 Å². The molecule has 3 nitrogen and oxygen atoms in total. The monoisotopic (exact) mass is 102 g/mol. The lowest BCUT2D eigenvalue weighted by atomic mass is 10.6. The normalized spacial score (nSPS) is 10.7. The van der Waals surface area contributed by atoms with Gasteiger partial charge in [-0.2, -0.15) is 0 Å². The molecule has 0 unspecified atom stereocenters. The molecule has 0 aromatic carbocycles. The molecule has 0 amide bonds. The average molecular weight is 102 g/mol. The fraction of sp³-hybridized carbons (Fsp3) is 0.250. The molecule has 0 atom stereocenters. The van der Waals surface area contributed by atoms with Gasteiger partial charge in [-0.1, -0.05) is 0 Å². The Morgan fingerprint density at radius 1 is 1.86 bits per heavy atom. The van der Waals surface area contributed by atoms with Crippen LogP contribution in [0.25, 0.3) is 0 Å². The minimum absolute atomic E-state index is 0.0694. The smallest absolute Gasteiger partial charge is 0.192 e. The Kier molecular flexibility index (Phi) is 2.76. The number of aliphatic hydroxyl groups is 1. The molecule has 0 saturated carbocycles. The molecule has 0 aromatic heterocycles. The molecule has 0 heterocycles. The molecule has 3 heteroatoms. The number of carbonyl (C=O) groups is 1. The van der Waals surface area contributed by atoms with E-state index in [0.29, 0.717) is 12.5 Å². The standard InChI is InChI=1S/C4H6O3/c1-7-4(2-5)3-6/h2-3,5H,1H3/b4-2+. The summed E-state index contributed by atoms with van der Waals surface area (Å²) >= 11 is 0. The van der Waals surface area contributed by atoms with Gasteiger partial charge in [-0.3, -0.25) is 4.79 Å². The molecule has 0 spiro atoms. The minimum Gasteiger partial charge on any atom is -0.512 e. The Labute approximate surface area is 41.2 Å². The van der Waals surface area contributed by atoms with Crippen molar-refractivity contribution in [1.82, 2.24) is 0 Å². The van der Waals surface area contributed by atoms with Gasteiger partial charge in [-0.05, 0) is 0 Å². The topological polar surface area (TPSA) is 46.5 Å². The highest BCUT2D eigenvalue weighted by atomic mass is 16.5. The summed E-state index contributed by atoms with van der Waals surface area (Å²) in [6.45, 7) is 0. The fourth-order valence-electron chi connectivity index (χ4n) is 0.131. The van der Waals surface area contributed by atoms with Gasteiger partial charge in [0.15, 0.2) is 12.0 Å². The molecule has 0 aliphatic carbocycles. The minimum atomic E-state index is -0.0694. The maximum atomic E-state index is 9.61. The lowest BCUT2D eigenvalue weighted by Gasteiger charge is -1.89. The fourth-order valence-corrected chi connectivity index (χ4v) is 0.131. The number of carbonyl (C=O) groups excluding carboxylic acids is 1. The lowest BCUT2D eigenvalue weighted by Crippen LogP contribution is -1.85. The third-order valence-electron chi connectivity index (χ3n) is 0.479. The number of ether oxygens (including phenoxy) is 1. The summed E-state index contributed by atoms with van der Waals surface area (Å²) in [5.41, 5.74) is 0. The highest BCUT2D eigenvalue weighted by Gasteiger charge is 1.85. The molecule has 0 aliphatic heterocycles. The second-order valence-electron chi connectivity index (χ2n) is 0.853. The van der Waals surface area contributed by atoms with Crippen LogP contribution in [0.15, 0.2) is 12.0 Å². The number of allylic oxidation sites excluding steroid dienone is 1. The van der Waals surface area contributed by atoms with Crippen LogP contribution < -0.4 is 0 Å². The summed E-state index contributed by atoms with van der Waals surface area (Å²) in [7, 11) is 1.30. The maximum Gasteiger partial charge on any atom is 0.192 e. The van der Waals surface area contributed by atoms with Crippen molar-refractivity contribution < 1.29 is 14.6 Å². The zero-order valence-corrected chi connectivity index (χ0v) is 3.92. The lowest BCUT2D eigenvalue weighted by molar-refractivity contribution is -0.107. The summed E-state index contributed by atoms with van der Waals surface area (Å²) in [5, 5.41) is 8.01. The van der Waals surface area contributed by atoms with Crippen molar-refractivity contribution in [2.45, 2.75) is 0 Å². The van der Waals surface area contributed by atoms with Crippen LogP contribution in [0.2, 0.25) is 0 Å². The largest absolute Gasteiger partial charge is 0.512 e. The second kappa shape index (κ2) is 3.21. The molecule has 40 valence electrons. The van der Waals surface area contributed by atoms with Crippen molar-refractivity contribution in [2.24, 2.45) is 0 Å². The molecule has 1 N–H and O–H groups in total. The van der Waals surface area contributed by atoms with E-state index in [-0.39, 0.29) is 5.76 Å². The van der Waals surface area contributed by atoms with Gasteiger partial charge in [0.1, 0.15) is 6.26 Å². The molecule has 0 radical (unpaired) electrons. The van der Waals surface area contributed by atoms with E-state index in [1.54, 1.807) is 0 Å². The van der Waals surface area contributed by atoms with Crippen LogP contribution in [0, 0.1) is 0 Å². The van der Waals surface area contributed by atoms with Crippen LogP contribution in [-0.4, -0.2) is 18.5 Å². The van der Waals surface area contributed by atoms with E-state index in [1.807, 2.05) is 0 Å². The van der Waals surface area contributed by atoms with E-state index in [1.165, 1.54) is 7.11 Å². The van der Waals surface area contributed by atoms with Crippen LogP contribution in [0.4, 0.5) is 0 Å². The second-order valence-corrected chi connectivity index (χ2v) is 0.853. The Morgan fingerprint density at radius 2 is 2.43 bits per heavy atom. The number of aliphatic hydroxyl groups excluding tert-OH is 1. The van der Waals surface area contributed by atoms with E-state index in [4.69, 9.17) is 5.11 Å². The number of methoxy groups -OCH3 is 1. The Morgan fingerprint density at radius 3 is 2.43 bits per heavy atom. The van der Waals surface area contributed by atoms with E-state index >= 15 is 0 Å². The molecular formula is C4H6O3. The van der Waals surface area contributed by atoms with Crippen LogP contribution >= 0.6 is 0 Å². The Balaban J connectivity index is 3.60. The molecule has 0 saturated heterocycles. The molecule has 0 bridgehead atoms. The predicted molar refractivity (Wildman–Crippen MR) is 23.8 cm³/mol. The SMILES string of the molecule is CO/C(C=O)=C/O. The first kappa shape index (κ1) is 6.01. The zero-order chi connectivity index (χ0) is 5.70. The summed E-state index contributed by atoms with van der Waals surface area (Å²) < 4.78 is 4.29. The van der Waals surface area contributed by atoms with Gasteiger partial charge in [-0.15, -0.1) is 0 Å². The zero-order valence-electron chi connectivity index (χ0n) is 3.92. The van der Waals surface area contributed by atoms with Crippen LogP contribution in [0.5, 0.6) is 0 Å². The third kappa shape index (κ3) is 1.81. The highest BCUT2D eigenvalue weighted by molar-refractivity contribution is 5.69. The van der Waals surface area contributed by atoms with Crippen molar-refractivity contribution in [3.05, 3.63) is 12.0 Å². The molecular weight excluding hydrogens is 96.0 g/mol. The van der Waals surface area contributed by atoms with E-state index in [2.05, 4.69) is 4.74 Å². The molecule has 7 heavy (non-hydrogen) atoms. The molecule has 0 rings (SSSR count). The van der Waals surface area contributed by atoms with Crippen molar-refractivity contribution in [2.75, 3.05) is 7.11 Å². The third-order valence-corrected chi connectivity index (χ3v) is 0.479. The number of aldehydes is 1. The van der Waals surface area contributed by atoms with Gasteiger partial charge < -0.3 is 9.84 Å². The summed E-state index contributed by atoms with van der Waals surface area (Å²) in [4.78, 5) is 9.61. The van der Waals surface area contributed by atoms with Crippen LogP contribution in [0.3, 0.4) is 0 Å². The quantitative estimate of drug-likeness (QED) is 0.308. The molecule has 0 aromatic rings. The molecule has 0 aliphatic rings. The first-order valence-electron chi connectivity index (χ1n) is 1.68. The Hall–Kier alpha value is -0.990. The maximum absolute atomic E-state index is 9.61. The number of hydrogen-bond acceptors (Lipinski definition) is 3. The van der Waals surface area contributed by atoms with Crippen LogP contribution in [-0.2, 0) is 9.53 Å². The van der Waals surface area contributed by atoms with Gasteiger partial charge in [0, 0.05) is 0 Å². The van der Waals surface area contributed by atoms with Crippen molar-refractivity contribution in [3.8, 4) is 0 Å². The Bertz CT molecular complexity index is 84.9. The predicted octanol–water partition coefficient (Wildman–Crippen LogP) is 0.231. The van der Waals surface area contributed by atoms with E-state index in [0.717, 1.165) is 0 Å². The number of hydrogen-bond donors (Lipinski definition) is 1.